The minimum atomic E-state index is -0.407. The minimum absolute atomic E-state index is 0.407. The summed E-state index contributed by atoms with van der Waals surface area (Å²) in [5.74, 6) is 0. The van der Waals surface area contributed by atoms with Gasteiger partial charge in [0.2, 0.25) is 0 Å². The van der Waals surface area contributed by atoms with Gasteiger partial charge in [-0.25, -0.2) is 0 Å². The summed E-state index contributed by atoms with van der Waals surface area (Å²) in [6.07, 6.45) is 5.77. The van der Waals surface area contributed by atoms with Crippen molar-refractivity contribution in [2.45, 2.75) is 6.42 Å². The Morgan fingerprint density at radius 3 is 1.74 bits per heavy atom. The van der Waals surface area contributed by atoms with Crippen LogP contribution < -0.4 is 10.6 Å². The Bertz CT molecular complexity index is 573. The zero-order chi connectivity index (χ0) is 13.1. The summed E-state index contributed by atoms with van der Waals surface area (Å²) in [4.78, 5) is 0. The van der Waals surface area contributed by atoms with Gasteiger partial charge in [-0.15, -0.1) is 9.24 Å². The van der Waals surface area contributed by atoms with Gasteiger partial charge in [0.15, 0.2) is 0 Å². The van der Waals surface area contributed by atoms with Crippen molar-refractivity contribution in [3.8, 4) is 0 Å². The van der Waals surface area contributed by atoms with Gasteiger partial charge in [0, 0.05) is 0 Å². The molecule has 1 atom stereocenters. The average Bonchev–Trinajstić information content (AvgIpc) is 2.88. The number of rotatable bonds is 3. The molecule has 2 aromatic carbocycles. The molecule has 0 N–H and O–H groups in total. The fourth-order valence-electron chi connectivity index (χ4n) is 2.29. The molecule has 0 heterocycles. The summed E-state index contributed by atoms with van der Waals surface area (Å²) < 4.78 is 0. The maximum Gasteiger partial charge on any atom is -0.00884 e. The Labute approximate surface area is 118 Å². The standard InChI is InChI=1S/C17H16P2/c18-14-11-12-17(13-14)19(15-7-3-1-4-8-15)16-9-5-2-6-10-16/h1-10,12-13H,11,18H2. The highest BCUT2D eigenvalue weighted by atomic mass is 31.1. The van der Waals surface area contributed by atoms with Crippen molar-refractivity contribution in [1.82, 2.24) is 0 Å². The lowest BCUT2D eigenvalue weighted by atomic mass is 10.4. The van der Waals surface area contributed by atoms with Crippen LogP contribution in [0.1, 0.15) is 6.42 Å². The van der Waals surface area contributed by atoms with E-state index in [4.69, 9.17) is 0 Å². The molecule has 2 heteroatoms. The topological polar surface area (TPSA) is 0 Å². The molecule has 0 bridgehead atoms. The predicted molar refractivity (Wildman–Crippen MR) is 89.6 cm³/mol. The predicted octanol–water partition coefficient (Wildman–Crippen LogP) is 4.17. The molecule has 0 spiro atoms. The summed E-state index contributed by atoms with van der Waals surface area (Å²) in [5.41, 5.74) is 0. The highest BCUT2D eigenvalue weighted by Crippen LogP contribution is 2.47. The Hall–Kier alpha value is -1.22. The van der Waals surface area contributed by atoms with E-state index in [9.17, 15) is 0 Å². The van der Waals surface area contributed by atoms with Crippen LogP contribution in [-0.4, -0.2) is 0 Å². The van der Waals surface area contributed by atoms with Crippen LogP contribution in [0.2, 0.25) is 0 Å². The normalized spacial score (nSPS) is 14.4. The van der Waals surface area contributed by atoms with E-state index in [1.807, 2.05) is 0 Å². The minimum Gasteiger partial charge on any atom is -0.110 e. The van der Waals surface area contributed by atoms with E-state index < -0.39 is 7.92 Å². The third-order valence-corrected chi connectivity index (χ3v) is 6.03. The van der Waals surface area contributed by atoms with Gasteiger partial charge >= 0.3 is 0 Å². The Kier molecular flexibility index (Phi) is 3.92. The molecule has 1 unspecified atom stereocenters. The van der Waals surface area contributed by atoms with E-state index in [0.717, 1.165) is 6.42 Å². The molecular weight excluding hydrogens is 266 g/mol. The van der Waals surface area contributed by atoms with Crippen molar-refractivity contribution in [2.75, 3.05) is 0 Å². The molecule has 1 aliphatic carbocycles. The highest BCUT2D eigenvalue weighted by molar-refractivity contribution is 7.77. The van der Waals surface area contributed by atoms with Gasteiger partial charge < -0.3 is 0 Å². The van der Waals surface area contributed by atoms with Gasteiger partial charge in [-0.1, -0.05) is 72.8 Å². The van der Waals surface area contributed by atoms with Gasteiger partial charge in [-0.2, -0.15) is 0 Å². The van der Waals surface area contributed by atoms with Crippen LogP contribution in [0.3, 0.4) is 0 Å². The molecule has 1 aliphatic rings. The molecule has 2 aromatic rings. The van der Waals surface area contributed by atoms with Gasteiger partial charge in [-0.3, -0.25) is 0 Å². The van der Waals surface area contributed by atoms with E-state index in [0.29, 0.717) is 0 Å². The largest absolute Gasteiger partial charge is 0.110 e. The van der Waals surface area contributed by atoms with Crippen molar-refractivity contribution in [2.24, 2.45) is 0 Å². The zero-order valence-electron chi connectivity index (χ0n) is 10.7. The molecule has 3 rings (SSSR count). The number of benzene rings is 2. The third kappa shape index (κ3) is 2.86. The maximum atomic E-state index is 2.84. The third-order valence-electron chi connectivity index (χ3n) is 3.17. The molecule has 0 saturated heterocycles. The monoisotopic (exact) mass is 282 g/mol. The van der Waals surface area contributed by atoms with Gasteiger partial charge in [0.1, 0.15) is 0 Å². The Balaban J connectivity index is 2.07. The maximum absolute atomic E-state index is 2.84. The fraction of sp³-hybridized carbons (Fsp3) is 0.0588. The summed E-state index contributed by atoms with van der Waals surface area (Å²) in [7, 11) is 2.43. The molecule has 0 aromatic heterocycles. The smallest absolute Gasteiger partial charge is 0.00884 e. The molecule has 0 radical (unpaired) electrons. The fourth-order valence-corrected chi connectivity index (χ4v) is 5.13. The van der Waals surface area contributed by atoms with Crippen molar-refractivity contribution >= 4 is 27.8 Å². The quantitative estimate of drug-likeness (QED) is 0.741. The van der Waals surface area contributed by atoms with Crippen LogP contribution in [0.15, 0.2) is 83.4 Å². The number of hydrogen-bond donors (Lipinski definition) is 0. The summed E-state index contributed by atoms with van der Waals surface area (Å²) in [6, 6.07) is 21.7. The van der Waals surface area contributed by atoms with Gasteiger partial charge in [0.25, 0.3) is 0 Å². The van der Waals surface area contributed by atoms with Crippen molar-refractivity contribution in [3.63, 3.8) is 0 Å². The molecule has 0 nitrogen and oxygen atoms in total. The second-order valence-corrected chi connectivity index (χ2v) is 7.52. The van der Waals surface area contributed by atoms with E-state index in [1.54, 1.807) is 0 Å². The molecule has 0 saturated carbocycles. The molecule has 0 amide bonds. The molecule has 0 fully saturated rings. The summed E-state index contributed by atoms with van der Waals surface area (Å²) in [6.45, 7) is 0. The van der Waals surface area contributed by atoms with Crippen LogP contribution in [-0.2, 0) is 0 Å². The average molecular weight is 282 g/mol. The van der Waals surface area contributed by atoms with E-state index in [2.05, 4.69) is 82.1 Å². The second kappa shape index (κ2) is 5.83. The lowest BCUT2D eigenvalue weighted by molar-refractivity contribution is 1.41. The van der Waals surface area contributed by atoms with Crippen LogP contribution in [0, 0.1) is 0 Å². The van der Waals surface area contributed by atoms with Crippen LogP contribution in [0.4, 0.5) is 0 Å². The summed E-state index contributed by atoms with van der Waals surface area (Å²) in [5, 5.41) is 5.70. The highest BCUT2D eigenvalue weighted by Gasteiger charge is 2.19. The molecule has 19 heavy (non-hydrogen) atoms. The number of hydrogen-bond acceptors (Lipinski definition) is 0. The summed E-state index contributed by atoms with van der Waals surface area (Å²) >= 11 is 0. The lowest BCUT2D eigenvalue weighted by Crippen LogP contribution is -2.11. The van der Waals surface area contributed by atoms with E-state index in [1.165, 1.54) is 21.2 Å². The van der Waals surface area contributed by atoms with E-state index >= 15 is 0 Å². The first-order valence-corrected chi connectivity index (χ1v) is 8.33. The van der Waals surface area contributed by atoms with Crippen molar-refractivity contribution in [3.05, 3.63) is 83.4 Å². The first-order chi connectivity index (χ1) is 9.34. The van der Waals surface area contributed by atoms with Crippen molar-refractivity contribution in [1.29, 1.82) is 0 Å². The molecule has 0 aliphatic heterocycles. The first kappa shape index (κ1) is 12.8. The SMILES string of the molecule is PC1=CC(P(c2ccccc2)c2ccccc2)=CC1. The van der Waals surface area contributed by atoms with Crippen LogP contribution in [0.25, 0.3) is 0 Å². The lowest BCUT2D eigenvalue weighted by Gasteiger charge is -2.19. The van der Waals surface area contributed by atoms with Crippen molar-refractivity contribution < 1.29 is 0 Å². The first-order valence-electron chi connectivity index (χ1n) is 6.41. The zero-order valence-corrected chi connectivity index (χ0v) is 12.7. The molecule has 94 valence electrons. The second-order valence-electron chi connectivity index (χ2n) is 4.56. The van der Waals surface area contributed by atoms with Gasteiger partial charge in [0.05, 0.1) is 0 Å². The number of allylic oxidation sites excluding steroid dienone is 4. The Morgan fingerprint density at radius 2 is 1.32 bits per heavy atom. The van der Waals surface area contributed by atoms with Crippen LogP contribution >= 0.6 is 17.2 Å². The Morgan fingerprint density at radius 1 is 0.789 bits per heavy atom. The van der Waals surface area contributed by atoms with Gasteiger partial charge in [-0.05, 0) is 35.6 Å². The molecular formula is C17H16P2. The van der Waals surface area contributed by atoms with E-state index in [-0.39, 0.29) is 0 Å². The van der Waals surface area contributed by atoms with Crippen LogP contribution in [0.5, 0.6) is 0 Å².